The Bertz CT molecular complexity index is 212. The third kappa shape index (κ3) is 1.17. The fraction of sp³-hybridized carbons (Fsp3) is 0.429. The van der Waals surface area contributed by atoms with Crippen molar-refractivity contribution in [3.8, 4) is 0 Å². The van der Waals surface area contributed by atoms with Crippen LogP contribution in [0.4, 0.5) is 0 Å². The highest BCUT2D eigenvalue weighted by atomic mass is 16.5. The van der Waals surface area contributed by atoms with Crippen molar-refractivity contribution in [3.63, 3.8) is 0 Å². The molecule has 1 aliphatic rings. The van der Waals surface area contributed by atoms with E-state index in [1.807, 2.05) is 0 Å². The number of rotatable bonds is 2. The van der Waals surface area contributed by atoms with Gasteiger partial charge in [0, 0.05) is 7.11 Å². The fourth-order valence-electron chi connectivity index (χ4n) is 0.939. The molecule has 4 nitrogen and oxygen atoms in total. The topological polar surface area (TPSA) is 46.6 Å². The molecule has 0 aromatic carbocycles. The maximum atomic E-state index is 10.9. The van der Waals surface area contributed by atoms with Gasteiger partial charge in [-0.15, -0.1) is 0 Å². The Morgan fingerprint density at radius 1 is 1.91 bits per heavy atom. The highest BCUT2D eigenvalue weighted by Crippen LogP contribution is 2.19. The van der Waals surface area contributed by atoms with Gasteiger partial charge in [-0.1, -0.05) is 6.58 Å². The second kappa shape index (κ2) is 2.84. The van der Waals surface area contributed by atoms with Gasteiger partial charge in [0.25, 0.3) is 5.91 Å². The highest BCUT2D eigenvalue weighted by molar-refractivity contribution is 6.04. The van der Waals surface area contributed by atoms with Crippen LogP contribution in [0.25, 0.3) is 0 Å². The Hall–Kier alpha value is -1.16. The molecule has 0 saturated carbocycles. The Morgan fingerprint density at radius 3 is 2.91 bits per heavy atom. The van der Waals surface area contributed by atoms with Crippen molar-refractivity contribution in [2.24, 2.45) is 0 Å². The van der Waals surface area contributed by atoms with Crippen molar-refractivity contribution in [1.82, 2.24) is 4.90 Å². The number of imide groups is 1. The summed E-state index contributed by atoms with van der Waals surface area (Å²) >= 11 is 0. The summed E-state index contributed by atoms with van der Waals surface area (Å²) in [5, 5.41) is 0. The first-order chi connectivity index (χ1) is 5.20. The van der Waals surface area contributed by atoms with Gasteiger partial charge >= 0.3 is 0 Å². The SMILES string of the molecule is C=CC(=O)N1C(=O)CC1OC. The summed E-state index contributed by atoms with van der Waals surface area (Å²) in [5.41, 5.74) is 0. The number of β-lactam (4-membered cyclic amide) rings is 1. The number of likely N-dealkylation sites (tertiary alicyclic amines) is 1. The lowest BCUT2D eigenvalue weighted by Gasteiger charge is -2.36. The zero-order valence-corrected chi connectivity index (χ0v) is 6.24. The van der Waals surface area contributed by atoms with Crippen LogP contribution >= 0.6 is 0 Å². The van der Waals surface area contributed by atoms with E-state index in [0.717, 1.165) is 11.0 Å². The number of nitrogens with zero attached hydrogens (tertiary/aromatic N) is 1. The van der Waals surface area contributed by atoms with Crippen LogP contribution < -0.4 is 0 Å². The molecule has 1 saturated heterocycles. The van der Waals surface area contributed by atoms with Gasteiger partial charge in [0.1, 0.15) is 6.23 Å². The van der Waals surface area contributed by atoms with Crippen LogP contribution in [0, 0.1) is 0 Å². The molecule has 2 amide bonds. The van der Waals surface area contributed by atoms with Crippen molar-refractivity contribution >= 4 is 11.8 Å². The van der Waals surface area contributed by atoms with Gasteiger partial charge in [0.05, 0.1) is 6.42 Å². The number of methoxy groups -OCH3 is 1. The van der Waals surface area contributed by atoms with Crippen LogP contribution in [0.1, 0.15) is 6.42 Å². The van der Waals surface area contributed by atoms with Crippen molar-refractivity contribution in [2.75, 3.05) is 7.11 Å². The Morgan fingerprint density at radius 2 is 2.55 bits per heavy atom. The summed E-state index contributed by atoms with van der Waals surface area (Å²) in [5.74, 6) is -0.602. The number of carbonyl (C=O) groups excluding carboxylic acids is 2. The number of ether oxygens (including phenoxy) is 1. The lowest BCUT2D eigenvalue weighted by atomic mass is 10.1. The summed E-state index contributed by atoms with van der Waals surface area (Å²) in [6.07, 6.45) is 1.01. The maximum Gasteiger partial charge on any atom is 0.254 e. The van der Waals surface area contributed by atoms with Crippen molar-refractivity contribution in [3.05, 3.63) is 12.7 Å². The number of hydrogen-bond donors (Lipinski definition) is 0. The normalized spacial score (nSPS) is 22.8. The van der Waals surface area contributed by atoms with E-state index < -0.39 is 5.91 Å². The largest absolute Gasteiger partial charge is 0.360 e. The van der Waals surface area contributed by atoms with E-state index in [1.54, 1.807) is 0 Å². The average molecular weight is 155 g/mol. The van der Waals surface area contributed by atoms with E-state index in [4.69, 9.17) is 4.74 Å². The Labute approximate surface area is 64.4 Å². The molecule has 0 bridgehead atoms. The maximum absolute atomic E-state index is 10.9. The lowest BCUT2D eigenvalue weighted by molar-refractivity contribution is -0.175. The molecule has 0 N–H and O–H groups in total. The summed E-state index contributed by atoms with van der Waals surface area (Å²) in [6, 6.07) is 0. The molecular weight excluding hydrogens is 146 g/mol. The molecule has 1 fully saturated rings. The predicted molar refractivity (Wildman–Crippen MR) is 37.5 cm³/mol. The van der Waals surface area contributed by atoms with Gasteiger partial charge in [-0.25, -0.2) is 0 Å². The van der Waals surface area contributed by atoms with Crippen LogP contribution in [0.5, 0.6) is 0 Å². The molecule has 1 heterocycles. The second-order valence-corrected chi connectivity index (χ2v) is 2.20. The molecule has 0 aliphatic carbocycles. The molecule has 1 unspecified atom stereocenters. The predicted octanol–water partition coefficient (Wildman–Crippen LogP) is -0.0962. The van der Waals surface area contributed by atoms with Gasteiger partial charge in [-0.2, -0.15) is 0 Å². The van der Waals surface area contributed by atoms with Gasteiger partial charge in [-0.3, -0.25) is 14.5 Å². The Kier molecular flexibility index (Phi) is 2.05. The zero-order valence-electron chi connectivity index (χ0n) is 6.24. The quantitative estimate of drug-likeness (QED) is 0.413. The average Bonchev–Trinajstić information content (AvgIpc) is 1.99. The van der Waals surface area contributed by atoms with E-state index >= 15 is 0 Å². The number of amides is 2. The molecule has 1 atom stereocenters. The van der Waals surface area contributed by atoms with Gasteiger partial charge in [0.15, 0.2) is 0 Å². The molecule has 0 spiro atoms. The molecule has 60 valence electrons. The van der Waals surface area contributed by atoms with Crippen LogP contribution in [0.2, 0.25) is 0 Å². The summed E-state index contributed by atoms with van der Waals surface area (Å²) in [7, 11) is 1.46. The highest BCUT2D eigenvalue weighted by Gasteiger charge is 2.39. The zero-order chi connectivity index (χ0) is 8.43. The first-order valence-electron chi connectivity index (χ1n) is 3.22. The van der Waals surface area contributed by atoms with E-state index in [2.05, 4.69) is 6.58 Å². The molecule has 0 aromatic heterocycles. The number of hydrogen-bond acceptors (Lipinski definition) is 3. The molecule has 4 heteroatoms. The van der Waals surface area contributed by atoms with Crippen LogP contribution in [-0.2, 0) is 14.3 Å². The standard InChI is InChI=1S/C7H9NO3/c1-3-5(9)8-6(10)4-7(8)11-2/h3,7H,1,4H2,2H3. The second-order valence-electron chi connectivity index (χ2n) is 2.20. The summed E-state index contributed by atoms with van der Waals surface area (Å²) in [6.45, 7) is 3.27. The molecule has 0 radical (unpaired) electrons. The van der Waals surface area contributed by atoms with E-state index in [-0.39, 0.29) is 18.6 Å². The molecule has 0 aromatic rings. The minimum Gasteiger partial charge on any atom is -0.360 e. The minimum atomic E-state index is -0.395. The third-order valence-electron chi connectivity index (χ3n) is 1.59. The van der Waals surface area contributed by atoms with Crippen molar-refractivity contribution < 1.29 is 14.3 Å². The first-order valence-corrected chi connectivity index (χ1v) is 3.22. The van der Waals surface area contributed by atoms with E-state index in [9.17, 15) is 9.59 Å². The lowest BCUT2D eigenvalue weighted by Crippen LogP contribution is -2.55. The summed E-state index contributed by atoms with van der Waals surface area (Å²) in [4.78, 5) is 22.7. The minimum absolute atomic E-state index is 0.207. The molecule has 11 heavy (non-hydrogen) atoms. The summed E-state index contributed by atoms with van der Waals surface area (Å²) < 4.78 is 4.83. The smallest absolute Gasteiger partial charge is 0.254 e. The van der Waals surface area contributed by atoms with E-state index in [0.29, 0.717) is 0 Å². The van der Waals surface area contributed by atoms with E-state index in [1.165, 1.54) is 7.11 Å². The van der Waals surface area contributed by atoms with Crippen molar-refractivity contribution in [2.45, 2.75) is 12.6 Å². The molecule has 1 aliphatic heterocycles. The monoisotopic (exact) mass is 155 g/mol. The van der Waals surface area contributed by atoms with Gasteiger partial charge in [-0.05, 0) is 6.08 Å². The van der Waals surface area contributed by atoms with Crippen LogP contribution in [0.3, 0.4) is 0 Å². The molecular formula is C7H9NO3. The van der Waals surface area contributed by atoms with Crippen LogP contribution in [-0.4, -0.2) is 30.1 Å². The Balaban J connectivity index is 2.62. The van der Waals surface area contributed by atoms with Gasteiger partial charge in [0.2, 0.25) is 5.91 Å². The number of carbonyl (C=O) groups is 2. The third-order valence-corrected chi connectivity index (χ3v) is 1.59. The van der Waals surface area contributed by atoms with Crippen LogP contribution in [0.15, 0.2) is 12.7 Å². The van der Waals surface area contributed by atoms with Gasteiger partial charge < -0.3 is 4.74 Å². The van der Waals surface area contributed by atoms with Crippen molar-refractivity contribution in [1.29, 1.82) is 0 Å². The first kappa shape index (κ1) is 7.94. The molecule has 1 rings (SSSR count). The fourth-order valence-corrected chi connectivity index (χ4v) is 0.939.